The topological polar surface area (TPSA) is 81.9 Å². The predicted octanol–water partition coefficient (Wildman–Crippen LogP) is 2.23. The number of hydrogen-bond acceptors (Lipinski definition) is 5. The zero-order chi connectivity index (χ0) is 16.2. The van der Waals surface area contributed by atoms with E-state index in [2.05, 4.69) is 15.5 Å². The highest BCUT2D eigenvalue weighted by molar-refractivity contribution is 5.94. The number of fused-ring (bicyclic) bond motifs is 1. The Hall–Kier alpha value is -2.68. The number of nitrogens with one attached hydrogen (secondary N) is 1. The molecule has 0 unspecified atom stereocenters. The molecule has 6 heteroatoms. The van der Waals surface area contributed by atoms with Gasteiger partial charge < -0.3 is 10.2 Å². The van der Waals surface area contributed by atoms with Crippen molar-refractivity contribution in [2.45, 2.75) is 26.2 Å². The summed E-state index contributed by atoms with van der Waals surface area (Å²) in [5.41, 5.74) is 2.59. The zero-order valence-electron chi connectivity index (χ0n) is 13.2. The highest BCUT2D eigenvalue weighted by Crippen LogP contribution is 2.25. The Kier molecular flexibility index (Phi) is 4.38. The first-order valence-corrected chi connectivity index (χ1v) is 7.88. The summed E-state index contributed by atoms with van der Waals surface area (Å²) in [5, 5.41) is 21.2. The molecule has 1 aliphatic rings. The first-order chi connectivity index (χ1) is 11.2. The van der Waals surface area contributed by atoms with Crippen molar-refractivity contribution in [3.63, 3.8) is 0 Å². The average molecular weight is 309 g/mol. The molecule has 0 atom stereocenters. The van der Waals surface area contributed by atoms with E-state index in [0.29, 0.717) is 11.2 Å². The summed E-state index contributed by atoms with van der Waals surface area (Å²) in [5.74, 6) is 0.0613. The Balaban J connectivity index is 1.85. The maximum Gasteiger partial charge on any atom is 0.241 e. The van der Waals surface area contributed by atoms with Crippen LogP contribution >= 0.6 is 0 Å². The minimum Gasteiger partial charge on any atom is -0.373 e. The maximum absolute atomic E-state index is 12.3. The van der Waals surface area contributed by atoms with E-state index in [1.54, 1.807) is 0 Å². The number of amides is 1. The number of aromatic nitrogens is 2. The lowest BCUT2D eigenvalue weighted by molar-refractivity contribution is -0.130. The number of benzene rings is 1. The number of likely N-dealkylation sites (tertiary alicyclic amines) is 1. The van der Waals surface area contributed by atoms with Crippen molar-refractivity contribution < 1.29 is 4.79 Å². The van der Waals surface area contributed by atoms with Crippen LogP contribution in [0.1, 0.15) is 30.5 Å². The molecule has 2 heterocycles. The van der Waals surface area contributed by atoms with E-state index in [-0.39, 0.29) is 18.1 Å². The number of carbonyl (C=O) groups excluding carboxylic acids is 1. The fourth-order valence-corrected chi connectivity index (χ4v) is 2.90. The molecule has 2 aromatic rings. The van der Waals surface area contributed by atoms with Gasteiger partial charge >= 0.3 is 0 Å². The van der Waals surface area contributed by atoms with Crippen molar-refractivity contribution in [3.8, 4) is 6.07 Å². The number of anilines is 1. The summed E-state index contributed by atoms with van der Waals surface area (Å²) >= 11 is 0. The van der Waals surface area contributed by atoms with E-state index >= 15 is 0 Å². The number of nitriles is 1. The number of hydrogen-bond donors (Lipinski definition) is 1. The Morgan fingerprint density at radius 3 is 2.83 bits per heavy atom. The second kappa shape index (κ2) is 6.61. The molecule has 1 fully saturated rings. The molecule has 1 aromatic heterocycles. The summed E-state index contributed by atoms with van der Waals surface area (Å²) in [7, 11) is 0. The lowest BCUT2D eigenvalue weighted by Crippen LogP contribution is -2.39. The lowest BCUT2D eigenvalue weighted by atomic mass is 10.1. The molecule has 0 spiro atoms. The first-order valence-electron chi connectivity index (χ1n) is 7.88. The van der Waals surface area contributed by atoms with Crippen molar-refractivity contribution in [1.82, 2.24) is 15.1 Å². The molecule has 118 valence electrons. The molecule has 1 saturated heterocycles. The van der Waals surface area contributed by atoms with Crippen LogP contribution in [-0.4, -0.2) is 40.6 Å². The molecule has 1 aromatic carbocycles. The molecule has 1 aliphatic heterocycles. The van der Waals surface area contributed by atoms with Crippen LogP contribution in [0.5, 0.6) is 0 Å². The van der Waals surface area contributed by atoms with E-state index in [0.717, 1.165) is 36.9 Å². The van der Waals surface area contributed by atoms with Crippen LogP contribution in [0.15, 0.2) is 18.2 Å². The second-order valence-electron chi connectivity index (χ2n) is 5.85. The molecule has 1 N–H and O–H groups in total. The van der Waals surface area contributed by atoms with Gasteiger partial charge in [0.15, 0.2) is 5.69 Å². The summed E-state index contributed by atoms with van der Waals surface area (Å²) in [6, 6.07) is 7.83. The lowest BCUT2D eigenvalue weighted by Gasteiger charge is -2.27. The molecule has 0 aliphatic carbocycles. The predicted molar refractivity (Wildman–Crippen MR) is 87.9 cm³/mol. The molecular weight excluding hydrogens is 290 g/mol. The number of aryl methyl sites for hydroxylation is 1. The largest absolute Gasteiger partial charge is 0.373 e. The van der Waals surface area contributed by atoms with Crippen molar-refractivity contribution in [2.75, 3.05) is 25.0 Å². The van der Waals surface area contributed by atoms with E-state index < -0.39 is 0 Å². The van der Waals surface area contributed by atoms with Gasteiger partial charge in [0.2, 0.25) is 5.91 Å². The molecule has 0 bridgehead atoms. The van der Waals surface area contributed by atoms with Gasteiger partial charge in [0.05, 0.1) is 17.7 Å². The third-order valence-electron chi connectivity index (χ3n) is 4.15. The van der Waals surface area contributed by atoms with Crippen LogP contribution in [-0.2, 0) is 4.79 Å². The molecule has 1 amide bonds. The van der Waals surface area contributed by atoms with Gasteiger partial charge in [-0.15, -0.1) is 10.2 Å². The molecule has 3 rings (SSSR count). The second-order valence-corrected chi connectivity index (χ2v) is 5.85. The minimum atomic E-state index is 0.0613. The molecule has 0 radical (unpaired) electrons. The number of piperidine rings is 1. The zero-order valence-corrected chi connectivity index (χ0v) is 13.2. The Morgan fingerprint density at radius 2 is 2.09 bits per heavy atom. The highest BCUT2D eigenvalue weighted by atomic mass is 16.2. The number of carbonyl (C=O) groups is 1. The van der Waals surface area contributed by atoms with Crippen molar-refractivity contribution in [2.24, 2.45) is 0 Å². The molecule has 23 heavy (non-hydrogen) atoms. The SMILES string of the molecule is Cc1ccc2nnc(C#N)c(NCC(=O)N3CCCCC3)c2c1. The van der Waals surface area contributed by atoms with Crippen LogP contribution in [0, 0.1) is 18.3 Å². The van der Waals surface area contributed by atoms with Crippen molar-refractivity contribution in [3.05, 3.63) is 29.5 Å². The average Bonchev–Trinajstić information content (AvgIpc) is 2.60. The van der Waals surface area contributed by atoms with Crippen LogP contribution < -0.4 is 5.32 Å². The first kappa shape index (κ1) is 15.2. The fraction of sp³-hybridized carbons (Fsp3) is 0.412. The third kappa shape index (κ3) is 3.24. The van der Waals surface area contributed by atoms with E-state index in [1.165, 1.54) is 6.42 Å². The summed E-state index contributed by atoms with van der Waals surface area (Å²) in [6.45, 7) is 3.79. The maximum atomic E-state index is 12.3. The summed E-state index contributed by atoms with van der Waals surface area (Å²) < 4.78 is 0. The van der Waals surface area contributed by atoms with Gasteiger partial charge in [-0.3, -0.25) is 4.79 Å². The summed E-state index contributed by atoms with van der Waals surface area (Å²) in [4.78, 5) is 14.2. The van der Waals surface area contributed by atoms with Gasteiger partial charge in [0.1, 0.15) is 6.07 Å². The highest BCUT2D eigenvalue weighted by Gasteiger charge is 2.17. The molecule has 6 nitrogen and oxygen atoms in total. The van der Waals surface area contributed by atoms with Crippen LogP contribution in [0.2, 0.25) is 0 Å². The van der Waals surface area contributed by atoms with Crippen LogP contribution in [0.3, 0.4) is 0 Å². The Labute approximate surface area is 135 Å². The van der Waals surface area contributed by atoms with Gasteiger partial charge in [0, 0.05) is 18.5 Å². The molecule has 0 saturated carbocycles. The van der Waals surface area contributed by atoms with Gasteiger partial charge in [-0.25, -0.2) is 0 Å². The van der Waals surface area contributed by atoms with Gasteiger partial charge in [-0.1, -0.05) is 11.6 Å². The number of nitrogens with zero attached hydrogens (tertiary/aromatic N) is 4. The van der Waals surface area contributed by atoms with E-state index in [1.807, 2.05) is 36.1 Å². The van der Waals surface area contributed by atoms with Crippen molar-refractivity contribution in [1.29, 1.82) is 5.26 Å². The number of rotatable bonds is 3. The summed E-state index contributed by atoms with van der Waals surface area (Å²) in [6.07, 6.45) is 3.32. The smallest absolute Gasteiger partial charge is 0.241 e. The van der Waals surface area contributed by atoms with Gasteiger partial charge in [-0.2, -0.15) is 5.26 Å². The standard InChI is InChI=1S/C17H19N5O/c1-12-5-6-14-13(9-12)17(15(10-18)21-20-14)19-11-16(23)22-7-3-2-4-8-22/h5-6,9H,2-4,7-8,11H2,1H3,(H,19,20). The normalized spacial score (nSPS) is 14.5. The van der Waals surface area contributed by atoms with Crippen molar-refractivity contribution >= 4 is 22.5 Å². The fourth-order valence-electron chi connectivity index (χ4n) is 2.90. The van der Waals surface area contributed by atoms with Crippen LogP contribution in [0.25, 0.3) is 10.9 Å². The quantitative estimate of drug-likeness (QED) is 0.940. The minimum absolute atomic E-state index is 0.0613. The van der Waals surface area contributed by atoms with E-state index in [9.17, 15) is 10.1 Å². The van der Waals surface area contributed by atoms with Gasteiger partial charge in [0.25, 0.3) is 0 Å². The van der Waals surface area contributed by atoms with Gasteiger partial charge in [-0.05, 0) is 38.3 Å². The monoisotopic (exact) mass is 309 g/mol. The Bertz CT molecular complexity index is 774. The third-order valence-corrected chi connectivity index (χ3v) is 4.15. The Morgan fingerprint density at radius 1 is 1.30 bits per heavy atom. The molecular formula is C17H19N5O. The van der Waals surface area contributed by atoms with E-state index in [4.69, 9.17) is 0 Å². The van der Waals surface area contributed by atoms with Crippen LogP contribution in [0.4, 0.5) is 5.69 Å².